The van der Waals surface area contributed by atoms with Gasteiger partial charge in [-0.1, -0.05) is 6.58 Å². The van der Waals surface area contributed by atoms with E-state index in [0.29, 0.717) is 17.8 Å². The Morgan fingerprint density at radius 1 is 1.37 bits per heavy atom. The Hall–Kier alpha value is -1.75. The van der Waals surface area contributed by atoms with Crippen LogP contribution in [0.2, 0.25) is 0 Å². The lowest BCUT2D eigenvalue weighted by Gasteiger charge is -2.23. The summed E-state index contributed by atoms with van der Waals surface area (Å²) in [5.41, 5.74) is 0.891. The van der Waals surface area contributed by atoms with E-state index in [-0.39, 0.29) is 11.6 Å². The lowest BCUT2D eigenvalue weighted by molar-refractivity contribution is -0.0367. The number of ether oxygens (including phenoxy) is 1. The van der Waals surface area contributed by atoms with E-state index in [9.17, 15) is 8.78 Å². The summed E-state index contributed by atoms with van der Waals surface area (Å²) in [7, 11) is 0. The normalized spacial score (nSPS) is 19.8. The summed E-state index contributed by atoms with van der Waals surface area (Å²) < 4.78 is 34.5. The van der Waals surface area contributed by atoms with Crippen LogP contribution in [0, 0.1) is 11.6 Å². The fraction of sp³-hybridized carbons (Fsp3) is 0.357. The van der Waals surface area contributed by atoms with E-state index in [4.69, 9.17) is 4.74 Å². The third-order valence-corrected chi connectivity index (χ3v) is 3.41. The van der Waals surface area contributed by atoms with Gasteiger partial charge in [0.15, 0.2) is 17.9 Å². The van der Waals surface area contributed by atoms with Crippen molar-refractivity contribution in [2.75, 3.05) is 6.61 Å². The zero-order valence-corrected chi connectivity index (χ0v) is 10.4. The van der Waals surface area contributed by atoms with E-state index in [2.05, 4.69) is 11.7 Å². The summed E-state index contributed by atoms with van der Waals surface area (Å²) in [5.74, 6) is -1.76. The first kappa shape index (κ1) is 12.3. The van der Waals surface area contributed by atoms with Crippen molar-refractivity contribution in [2.45, 2.75) is 25.5 Å². The van der Waals surface area contributed by atoms with Crippen LogP contribution in [0.3, 0.4) is 0 Å². The van der Waals surface area contributed by atoms with Gasteiger partial charge in [-0.3, -0.25) is 0 Å². The summed E-state index contributed by atoms with van der Waals surface area (Å²) >= 11 is 0. The number of fused-ring (bicyclic) bond motifs is 1. The fourth-order valence-electron chi connectivity index (χ4n) is 2.47. The van der Waals surface area contributed by atoms with Gasteiger partial charge >= 0.3 is 0 Å². The van der Waals surface area contributed by atoms with E-state index >= 15 is 0 Å². The molecule has 1 aliphatic rings. The Kier molecular flexibility index (Phi) is 3.06. The van der Waals surface area contributed by atoms with E-state index in [1.165, 1.54) is 12.1 Å². The van der Waals surface area contributed by atoms with E-state index < -0.39 is 11.6 Å². The monoisotopic (exact) mass is 264 g/mol. The van der Waals surface area contributed by atoms with Gasteiger partial charge in [-0.2, -0.15) is 5.10 Å². The maximum atomic E-state index is 13.9. The maximum Gasteiger partial charge on any atom is 0.170 e. The third kappa shape index (κ3) is 1.94. The Morgan fingerprint density at radius 3 is 2.89 bits per heavy atom. The molecule has 0 amide bonds. The van der Waals surface area contributed by atoms with Crippen molar-refractivity contribution < 1.29 is 13.5 Å². The minimum atomic E-state index is -0.880. The van der Waals surface area contributed by atoms with Crippen LogP contribution in [0.15, 0.2) is 18.7 Å². The molecule has 1 atom stereocenters. The van der Waals surface area contributed by atoms with Crippen LogP contribution in [-0.2, 0) is 4.74 Å². The van der Waals surface area contributed by atoms with Crippen molar-refractivity contribution in [2.24, 2.45) is 0 Å². The number of rotatable bonds is 2. The first-order valence-electron chi connectivity index (χ1n) is 6.32. The van der Waals surface area contributed by atoms with Crippen LogP contribution in [0.4, 0.5) is 8.78 Å². The molecule has 100 valence electrons. The average Bonchev–Trinajstić information content (AvgIpc) is 2.83. The highest BCUT2D eigenvalue weighted by Crippen LogP contribution is 2.30. The van der Waals surface area contributed by atoms with Gasteiger partial charge in [-0.25, -0.2) is 13.5 Å². The molecule has 0 bridgehead atoms. The van der Waals surface area contributed by atoms with Crippen LogP contribution in [0.25, 0.3) is 17.0 Å². The van der Waals surface area contributed by atoms with Crippen molar-refractivity contribution in [3.8, 4) is 0 Å². The lowest BCUT2D eigenvalue weighted by Crippen LogP contribution is -2.19. The zero-order valence-electron chi connectivity index (χ0n) is 10.4. The quantitative estimate of drug-likeness (QED) is 0.827. The number of hydrogen-bond donors (Lipinski definition) is 0. The number of nitrogens with zero attached hydrogens (tertiary/aromatic N) is 2. The molecule has 0 spiro atoms. The highest BCUT2D eigenvalue weighted by atomic mass is 19.2. The third-order valence-electron chi connectivity index (χ3n) is 3.41. The second kappa shape index (κ2) is 4.74. The molecule has 0 radical (unpaired) electrons. The van der Waals surface area contributed by atoms with Crippen molar-refractivity contribution in [1.82, 2.24) is 9.78 Å². The highest BCUT2D eigenvalue weighted by molar-refractivity contribution is 5.87. The molecule has 1 fully saturated rings. The first-order valence-corrected chi connectivity index (χ1v) is 6.32. The molecule has 1 unspecified atom stereocenters. The molecule has 2 heterocycles. The van der Waals surface area contributed by atoms with Crippen LogP contribution >= 0.6 is 0 Å². The Labute approximate surface area is 109 Å². The van der Waals surface area contributed by atoms with E-state index in [1.54, 1.807) is 4.68 Å². The molecular formula is C14H14F2N2O. The van der Waals surface area contributed by atoms with Crippen LogP contribution in [-0.4, -0.2) is 16.4 Å². The summed E-state index contributed by atoms with van der Waals surface area (Å²) in [4.78, 5) is 0. The minimum Gasteiger partial charge on any atom is -0.356 e. The van der Waals surface area contributed by atoms with Crippen molar-refractivity contribution in [1.29, 1.82) is 0 Å². The van der Waals surface area contributed by atoms with Gasteiger partial charge in [0.2, 0.25) is 0 Å². The van der Waals surface area contributed by atoms with E-state index in [1.807, 2.05) is 0 Å². The lowest BCUT2D eigenvalue weighted by atomic mass is 10.1. The molecule has 2 aromatic rings. The molecule has 3 nitrogen and oxygen atoms in total. The largest absolute Gasteiger partial charge is 0.356 e. The molecule has 1 saturated heterocycles. The van der Waals surface area contributed by atoms with Gasteiger partial charge in [0.25, 0.3) is 0 Å². The summed E-state index contributed by atoms with van der Waals surface area (Å²) in [6.07, 6.45) is 4.11. The molecule has 0 aliphatic carbocycles. The number of aromatic nitrogens is 2. The molecular weight excluding hydrogens is 250 g/mol. The summed E-state index contributed by atoms with van der Waals surface area (Å²) in [6.45, 7) is 4.27. The molecule has 1 aromatic heterocycles. The number of hydrogen-bond acceptors (Lipinski definition) is 2. The highest BCUT2D eigenvalue weighted by Gasteiger charge is 2.22. The Morgan fingerprint density at radius 2 is 2.21 bits per heavy atom. The molecule has 19 heavy (non-hydrogen) atoms. The predicted octanol–water partition coefficient (Wildman–Crippen LogP) is 3.66. The molecule has 0 saturated carbocycles. The SMILES string of the molecule is C=Cc1nn(C2CCCCO2)c2ccc(F)c(F)c12. The zero-order chi connectivity index (χ0) is 13.4. The van der Waals surface area contributed by atoms with E-state index in [0.717, 1.165) is 25.3 Å². The smallest absolute Gasteiger partial charge is 0.170 e. The van der Waals surface area contributed by atoms with Gasteiger partial charge in [-0.15, -0.1) is 0 Å². The summed E-state index contributed by atoms with van der Waals surface area (Å²) in [6, 6.07) is 2.65. The van der Waals surface area contributed by atoms with Crippen LogP contribution in [0.1, 0.15) is 31.2 Å². The standard InChI is InChI=1S/C14H14F2N2O/c1-2-10-13-11(7-6-9(15)14(13)16)18(17-10)12-5-3-4-8-19-12/h2,6-7,12H,1,3-5,8H2. The first-order chi connectivity index (χ1) is 9.22. The fourth-order valence-corrected chi connectivity index (χ4v) is 2.47. The van der Waals surface area contributed by atoms with Gasteiger partial charge in [-0.05, 0) is 37.5 Å². The van der Waals surface area contributed by atoms with Crippen LogP contribution < -0.4 is 0 Å². The molecule has 1 aliphatic heterocycles. The Balaban J connectivity index is 2.20. The molecule has 3 rings (SSSR count). The van der Waals surface area contributed by atoms with Gasteiger partial charge in [0, 0.05) is 6.61 Å². The average molecular weight is 264 g/mol. The summed E-state index contributed by atoms with van der Waals surface area (Å²) in [5, 5.41) is 4.47. The Bertz CT molecular complexity index is 630. The topological polar surface area (TPSA) is 27.1 Å². The predicted molar refractivity (Wildman–Crippen MR) is 68.6 cm³/mol. The second-order valence-corrected chi connectivity index (χ2v) is 4.61. The van der Waals surface area contributed by atoms with Crippen molar-refractivity contribution >= 4 is 17.0 Å². The second-order valence-electron chi connectivity index (χ2n) is 4.61. The van der Waals surface area contributed by atoms with Crippen LogP contribution in [0.5, 0.6) is 0 Å². The molecule has 5 heteroatoms. The van der Waals surface area contributed by atoms with Gasteiger partial charge in [0.05, 0.1) is 16.6 Å². The van der Waals surface area contributed by atoms with Crippen molar-refractivity contribution in [3.05, 3.63) is 36.0 Å². The maximum absolute atomic E-state index is 13.9. The molecule has 1 aromatic carbocycles. The van der Waals surface area contributed by atoms with Crippen molar-refractivity contribution in [3.63, 3.8) is 0 Å². The van der Waals surface area contributed by atoms with Gasteiger partial charge < -0.3 is 4.74 Å². The van der Waals surface area contributed by atoms with Gasteiger partial charge in [0.1, 0.15) is 0 Å². The number of benzene rings is 1. The minimum absolute atomic E-state index is 0.171. The number of halogens is 2. The molecule has 0 N–H and O–H groups in total.